The van der Waals surface area contributed by atoms with Gasteiger partial charge in [0.05, 0.1) is 13.2 Å². The van der Waals surface area contributed by atoms with Gasteiger partial charge in [0, 0.05) is 18.3 Å². The molecule has 0 aliphatic heterocycles. The molecule has 0 saturated heterocycles. The molecule has 0 aliphatic rings. The van der Waals surface area contributed by atoms with Crippen LogP contribution in [0.2, 0.25) is 0 Å². The summed E-state index contributed by atoms with van der Waals surface area (Å²) in [5, 5.41) is 0. The largest absolute Gasteiger partial charge is 0.379 e. The quantitative estimate of drug-likeness (QED) is 0.481. The minimum absolute atomic E-state index is 0.625. The molecule has 0 rings (SSSR count). The van der Waals surface area contributed by atoms with Crippen molar-refractivity contribution in [2.45, 2.75) is 33.2 Å². The molecule has 0 fully saturated rings. The van der Waals surface area contributed by atoms with Crippen LogP contribution < -0.4 is 0 Å². The van der Waals surface area contributed by atoms with Crippen molar-refractivity contribution in [2.24, 2.45) is 0 Å². The minimum atomic E-state index is 0.625. The van der Waals surface area contributed by atoms with Gasteiger partial charge < -0.3 is 4.74 Å². The van der Waals surface area contributed by atoms with E-state index in [0.29, 0.717) is 6.04 Å². The van der Waals surface area contributed by atoms with Gasteiger partial charge in [0.2, 0.25) is 0 Å². The van der Waals surface area contributed by atoms with Crippen LogP contribution in [0.15, 0.2) is 0 Å². The summed E-state index contributed by atoms with van der Waals surface area (Å²) < 4.78 is 5.39. The molecule has 13 heavy (non-hydrogen) atoms. The summed E-state index contributed by atoms with van der Waals surface area (Å²) in [6.07, 6.45) is 1.21. The predicted molar refractivity (Wildman–Crippen MR) is 61.7 cm³/mol. The Morgan fingerprint density at radius 2 is 1.92 bits per heavy atom. The Bertz CT molecular complexity index is 109. The molecule has 2 nitrogen and oxygen atoms in total. The van der Waals surface area contributed by atoms with Gasteiger partial charge in [-0.1, -0.05) is 6.92 Å². The molecule has 0 radical (unpaired) electrons. The van der Waals surface area contributed by atoms with Gasteiger partial charge in [0.1, 0.15) is 0 Å². The predicted octanol–water partition coefficient (Wildman–Crippen LogP) is 2.05. The molecule has 0 aromatic heterocycles. The van der Waals surface area contributed by atoms with E-state index in [4.69, 9.17) is 4.74 Å². The zero-order valence-corrected chi connectivity index (χ0v) is 10.0. The average molecular weight is 205 g/mol. The van der Waals surface area contributed by atoms with Gasteiger partial charge in [0.15, 0.2) is 0 Å². The number of thiol groups is 1. The molecular weight excluding hydrogens is 182 g/mol. The van der Waals surface area contributed by atoms with Crippen molar-refractivity contribution in [3.63, 3.8) is 0 Å². The Kier molecular flexibility index (Phi) is 9.03. The summed E-state index contributed by atoms with van der Waals surface area (Å²) in [7, 11) is 0. The fourth-order valence-electron chi connectivity index (χ4n) is 1.26. The van der Waals surface area contributed by atoms with E-state index in [9.17, 15) is 0 Å². The van der Waals surface area contributed by atoms with E-state index in [1.165, 1.54) is 13.0 Å². The second-order valence-corrected chi connectivity index (χ2v) is 3.91. The SMILES string of the molecule is CCCN(CCOCCS)C(C)C. The van der Waals surface area contributed by atoms with Gasteiger partial charge in [-0.25, -0.2) is 0 Å². The molecule has 0 atom stereocenters. The van der Waals surface area contributed by atoms with Gasteiger partial charge in [-0.15, -0.1) is 0 Å². The molecule has 0 aromatic carbocycles. The molecule has 0 N–H and O–H groups in total. The van der Waals surface area contributed by atoms with Crippen LogP contribution in [-0.4, -0.2) is 43.0 Å². The minimum Gasteiger partial charge on any atom is -0.379 e. The van der Waals surface area contributed by atoms with E-state index in [1.54, 1.807) is 0 Å². The topological polar surface area (TPSA) is 12.5 Å². The molecule has 0 spiro atoms. The molecule has 0 aliphatic carbocycles. The van der Waals surface area contributed by atoms with Gasteiger partial charge in [-0.3, -0.25) is 4.90 Å². The normalized spacial score (nSPS) is 11.5. The van der Waals surface area contributed by atoms with E-state index >= 15 is 0 Å². The molecular formula is C10H23NOS. The molecule has 0 aromatic rings. The molecule has 0 heterocycles. The van der Waals surface area contributed by atoms with Crippen LogP contribution >= 0.6 is 12.6 Å². The van der Waals surface area contributed by atoms with Crippen LogP contribution in [0, 0.1) is 0 Å². The Labute approximate surface area is 88.1 Å². The molecule has 80 valence electrons. The third-order valence-electron chi connectivity index (χ3n) is 2.00. The molecule has 3 heteroatoms. The maximum atomic E-state index is 5.39. The molecule has 0 amide bonds. The maximum absolute atomic E-state index is 5.39. The van der Waals surface area contributed by atoms with E-state index in [1.807, 2.05) is 0 Å². The van der Waals surface area contributed by atoms with Crippen molar-refractivity contribution in [2.75, 3.05) is 32.1 Å². The van der Waals surface area contributed by atoms with Crippen LogP contribution in [0.3, 0.4) is 0 Å². The summed E-state index contributed by atoms with van der Waals surface area (Å²) >= 11 is 4.09. The fourth-order valence-corrected chi connectivity index (χ4v) is 1.39. The molecule has 0 unspecified atom stereocenters. The summed E-state index contributed by atoms with van der Waals surface area (Å²) in [5.41, 5.74) is 0. The molecule has 0 saturated carbocycles. The van der Waals surface area contributed by atoms with Crippen LogP contribution in [-0.2, 0) is 4.74 Å². The highest BCUT2D eigenvalue weighted by molar-refractivity contribution is 7.80. The third kappa shape index (κ3) is 7.35. The number of hydrogen-bond donors (Lipinski definition) is 1. The lowest BCUT2D eigenvalue weighted by atomic mass is 10.3. The number of hydrogen-bond acceptors (Lipinski definition) is 3. The zero-order chi connectivity index (χ0) is 10.1. The first-order chi connectivity index (χ1) is 6.22. The van der Waals surface area contributed by atoms with Crippen molar-refractivity contribution >= 4 is 12.6 Å². The summed E-state index contributed by atoms with van der Waals surface area (Å²) in [4.78, 5) is 2.44. The molecule has 0 bridgehead atoms. The highest BCUT2D eigenvalue weighted by Gasteiger charge is 2.06. The average Bonchev–Trinajstić information content (AvgIpc) is 2.10. The van der Waals surface area contributed by atoms with Gasteiger partial charge >= 0.3 is 0 Å². The van der Waals surface area contributed by atoms with Gasteiger partial charge in [0.25, 0.3) is 0 Å². The first-order valence-electron chi connectivity index (χ1n) is 5.15. The lowest BCUT2D eigenvalue weighted by molar-refractivity contribution is 0.103. The van der Waals surface area contributed by atoms with E-state index < -0.39 is 0 Å². The van der Waals surface area contributed by atoms with E-state index in [-0.39, 0.29) is 0 Å². The van der Waals surface area contributed by atoms with Crippen LogP contribution in [0.1, 0.15) is 27.2 Å². The highest BCUT2D eigenvalue weighted by atomic mass is 32.1. The monoisotopic (exact) mass is 205 g/mol. The fraction of sp³-hybridized carbons (Fsp3) is 1.00. The first kappa shape index (κ1) is 13.3. The zero-order valence-electron chi connectivity index (χ0n) is 9.12. The summed E-state index contributed by atoms with van der Waals surface area (Å²) in [6, 6.07) is 0.625. The van der Waals surface area contributed by atoms with Crippen LogP contribution in [0.25, 0.3) is 0 Å². The second kappa shape index (κ2) is 8.85. The Morgan fingerprint density at radius 3 is 2.38 bits per heavy atom. The number of nitrogens with zero attached hydrogens (tertiary/aromatic N) is 1. The van der Waals surface area contributed by atoms with Crippen molar-refractivity contribution in [1.82, 2.24) is 4.90 Å². The summed E-state index contributed by atoms with van der Waals surface area (Å²) in [5.74, 6) is 0.815. The smallest absolute Gasteiger partial charge is 0.0593 e. The standard InChI is InChI=1S/C10H23NOS/c1-4-5-11(10(2)3)6-7-12-8-9-13/h10,13H,4-9H2,1-3H3. The maximum Gasteiger partial charge on any atom is 0.0593 e. The van der Waals surface area contributed by atoms with Crippen LogP contribution in [0.4, 0.5) is 0 Å². The summed E-state index contributed by atoms with van der Waals surface area (Å²) in [6.45, 7) is 10.5. The van der Waals surface area contributed by atoms with Crippen molar-refractivity contribution in [3.8, 4) is 0 Å². The Balaban J connectivity index is 3.45. The van der Waals surface area contributed by atoms with Crippen LogP contribution in [0.5, 0.6) is 0 Å². The van der Waals surface area contributed by atoms with Gasteiger partial charge in [-0.2, -0.15) is 12.6 Å². The lowest BCUT2D eigenvalue weighted by Crippen LogP contribution is -2.34. The Morgan fingerprint density at radius 1 is 1.23 bits per heavy atom. The van der Waals surface area contributed by atoms with Gasteiger partial charge in [-0.05, 0) is 26.8 Å². The Hall–Kier alpha value is 0.270. The second-order valence-electron chi connectivity index (χ2n) is 3.47. The number of rotatable bonds is 8. The number of ether oxygens (including phenoxy) is 1. The lowest BCUT2D eigenvalue weighted by Gasteiger charge is -2.25. The van der Waals surface area contributed by atoms with E-state index in [0.717, 1.165) is 25.5 Å². The van der Waals surface area contributed by atoms with Crippen molar-refractivity contribution < 1.29 is 4.74 Å². The first-order valence-corrected chi connectivity index (χ1v) is 5.78. The third-order valence-corrected chi connectivity index (χ3v) is 2.18. The van der Waals surface area contributed by atoms with Crippen molar-refractivity contribution in [1.29, 1.82) is 0 Å². The van der Waals surface area contributed by atoms with Crippen molar-refractivity contribution in [3.05, 3.63) is 0 Å². The van der Waals surface area contributed by atoms with E-state index in [2.05, 4.69) is 38.3 Å². The highest BCUT2D eigenvalue weighted by Crippen LogP contribution is 1.99.